The van der Waals surface area contributed by atoms with Gasteiger partial charge in [0.1, 0.15) is 11.9 Å². The van der Waals surface area contributed by atoms with E-state index in [0.29, 0.717) is 5.56 Å². The number of carbonyl (C=O) groups excluding carboxylic acids is 1. The molecule has 7 heteroatoms. The summed E-state index contributed by atoms with van der Waals surface area (Å²) in [6, 6.07) is 3.25. The average Bonchev–Trinajstić information content (AvgIpc) is 2.60. The Kier molecular flexibility index (Phi) is 3.28. The fourth-order valence-electron chi connectivity index (χ4n) is 1.62. The molecule has 1 aromatic heterocycles. The van der Waals surface area contributed by atoms with E-state index in [-0.39, 0.29) is 5.75 Å². The van der Waals surface area contributed by atoms with E-state index >= 15 is 0 Å². The fraction of sp³-hybridized carbons (Fsp3) is 0.400. The Morgan fingerprint density at radius 2 is 2.06 bits per heavy atom. The lowest BCUT2D eigenvalue weighted by Crippen LogP contribution is -2.37. The van der Waals surface area contributed by atoms with Gasteiger partial charge in [0.25, 0.3) is 0 Å². The third-order valence-electron chi connectivity index (χ3n) is 2.31. The van der Waals surface area contributed by atoms with Gasteiger partial charge in [-0.1, -0.05) is 0 Å². The molecule has 17 heavy (non-hydrogen) atoms. The van der Waals surface area contributed by atoms with Crippen molar-refractivity contribution in [2.24, 2.45) is 0 Å². The first-order valence-electron chi connectivity index (χ1n) is 4.85. The highest BCUT2D eigenvalue weighted by molar-refractivity contribution is 8.00. The van der Waals surface area contributed by atoms with Crippen LogP contribution in [0.3, 0.4) is 0 Å². The summed E-state index contributed by atoms with van der Waals surface area (Å²) in [7, 11) is 0. The molecule has 1 unspecified atom stereocenters. The number of rotatable bonds is 2. The minimum Gasteiger partial charge on any atom is -0.317 e. The predicted molar refractivity (Wildman–Crippen MR) is 57.2 cm³/mol. The van der Waals surface area contributed by atoms with E-state index in [1.54, 1.807) is 12.1 Å². The first-order chi connectivity index (χ1) is 7.97. The highest BCUT2D eigenvalue weighted by atomic mass is 32.2. The molecule has 1 aliphatic heterocycles. The van der Waals surface area contributed by atoms with E-state index in [2.05, 4.69) is 4.98 Å². The van der Waals surface area contributed by atoms with Crippen molar-refractivity contribution in [3.8, 4) is 0 Å². The van der Waals surface area contributed by atoms with Crippen LogP contribution in [0.5, 0.6) is 0 Å². The lowest BCUT2D eigenvalue weighted by atomic mass is 10.2. The molecule has 0 radical (unpaired) electrons. The maximum absolute atomic E-state index is 12.4. The molecule has 0 bridgehead atoms. The second-order valence-corrected chi connectivity index (χ2v) is 4.65. The second-order valence-electron chi connectivity index (χ2n) is 3.58. The first kappa shape index (κ1) is 12.2. The van der Waals surface area contributed by atoms with Crippen LogP contribution in [-0.4, -0.2) is 34.3 Å². The summed E-state index contributed by atoms with van der Waals surface area (Å²) < 4.78 is 37.1. The Hall–Kier alpha value is -1.24. The summed E-state index contributed by atoms with van der Waals surface area (Å²) in [5.41, 5.74) is 0.667. The number of thioether (sulfide) groups is 1. The largest absolute Gasteiger partial charge is 0.406 e. The van der Waals surface area contributed by atoms with Crippen molar-refractivity contribution in [1.82, 2.24) is 9.88 Å². The number of pyridine rings is 1. The monoisotopic (exact) mass is 262 g/mol. The van der Waals surface area contributed by atoms with Crippen LogP contribution in [0, 0.1) is 0 Å². The number of hydrogen-bond donors (Lipinski definition) is 0. The summed E-state index contributed by atoms with van der Waals surface area (Å²) in [5, 5.41) is -0.563. The standard InChI is InChI=1S/C10H9F3N2OS/c11-10(12,13)6-15-8(16)5-17-9(15)7-1-3-14-4-2-7/h1-4,9H,5-6H2. The molecule has 3 nitrogen and oxygen atoms in total. The third-order valence-corrected chi connectivity index (χ3v) is 3.56. The molecule has 2 rings (SSSR count). The quantitative estimate of drug-likeness (QED) is 0.819. The molecular formula is C10H9F3N2OS. The van der Waals surface area contributed by atoms with Crippen LogP contribution in [0.25, 0.3) is 0 Å². The van der Waals surface area contributed by atoms with Gasteiger partial charge >= 0.3 is 6.18 Å². The molecule has 1 fully saturated rings. The van der Waals surface area contributed by atoms with Crippen molar-refractivity contribution < 1.29 is 18.0 Å². The van der Waals surface area contributed by atoms with Crippen LogP contribution in [0.15, 0.2) is 24.5 Å². The van der Waals surface area contributed by atoms with Crippen molar-refractivity contribution in [2.45, 2.75) is 11.6 Å². The van der Waals surface area contributed by atoms with Crippen LogP contribution in [0.4, 0.5) is 13.2 Å². The van der Waals surface area contributed by atoms with Crippen molar-refractivity contribution in [3.63, 3.8) is 0 Å². The third kappa shape index (κ3) is 2.91. The molecule has 2 heterocycles. The van der Waals surface area contributed by atoms with Gasteiger partial charge in [-0.2, -0.15) is 13.2 Å². The summed E-state index contributed by atoms with van der Waals surface area (Å²) in [5.74, 6) is -0.391. The van der Waals surface area contributed by atoms with Gasteiger partial charge in [0, 0.05) is 12.4 Å². The van der Waals surface area contributed by atoms with Crippen molar-refractivity contribution in [3.05, 3.63) is 30.1 Å². The Labute approximate surface area is 100 Å². The summed E-state index contributed by atoms with van der Waals surface area (Å²) in [4.78, 5) is 16.1. The molecule has 0 N–H and O–H groups in total. The Bertz CT molecular complexity index is 410. The number of carbonyl (C=O) groups is 1. The fourth-order valence-corrected chi connectivity index (χ4v) is 2.81. The Morgan fingerprint density at radius 3 is 2.65 bits per heavy atom. The molecule has 0 spiro atoms. The molecule has 0 saturated carbocycles. The lowest BCUT2D eigenvalue weighted by Gasteiger charge is -2.25. The van der Waals surface area contributed by atoms with Crippen LogP contribution >= 0.6 is 11.8 Å². The molecule has 1 aromatic rings. The number of halogens is 3. The highest BCUT2D eigenvalue weighted by Gasteiger charge is 2.40. The number of hydrogen-bond acceptors (Lipinski definition) is 3. The molecule has 1 amide bonds. The van der Waals surface area contributed by atoms with Gasteiger partial charge in [0.2, 0.25) is 5.91 Å². The van der Waals surface area contributed by atoms with Gasteiger partial charge < -0.3 is 4.90 Å². The number of aromatic nitrogens is 1. The van der Waals surface area contributed by atoms with E-state index in [4.69, 9.17) is 0 Å². The maximum Gasteiger partial charge on any atom is 0.406 e. The van der Waals surface area contributed by atoms with Crippen LogP contribution in [0.2, 0.25) is 0 Å². The van der Waals surface area contributed by atoms with Crippen molar-refractivity contribution in [2.75, 3.05) is 12.3 Å². The Balaban J connectivity index is 2.20. The van der Waals surface area contributed by atoms with Gasteiger partial charge in [0.05, 0.1) is 5.75 Å². The molecule has 1 aliphatic rings. The normalized spacial score (nSPS) is 21.0. The summed E-state index contributed by atoms with van der Waals surface area (Å²) in [6.45, 7) is -1.20. The van der Waals surface area contributed by atoms with E-state index in [9.17, 15) is 18.0 Å². The van der Waals surface area contributed by atoms with E-state index in [0.717, 1.165) is 4.90 Å². The number of alkyl halides is 3. The smallest absolute Gasteiger partial charge is 0.317 e. The van der Waals surface area contributed by atoms with Gasteiger partial charge in [-0.3, -0.25) is 9.78 Å². The first-order valence-corrected chi connectivity index (χ1v) is 5.90. The zero-order valence-electron chi connectivity index (χ0n) is 8.65. The Morgan fingerprint density at radius 1 is 1.41 bits per heavy atom. The SMILES string of the molecule is O=C1CSC(c2ccncc2)N1CC(F)(F)F. The predicted octanol–water partition coefficient (Wildman–Crippen LogP) is 2.22. The van der Waals surface area contributed by atoms with Gasteiger partial charge in [-0.15, -0.1) is 11.8 Å². The van der Waals surface area contributed by atoms with Crippen LogP contribution in [0.1, 0.15) is 10.9 Å². The molecule has 0 aromatic carbocycles. The summed E-state index contributed by atoms with van der Waals surface area (Å²) >= 11 is 1.20. The topological polar surface area (TPSA) is 33.2 Å². The van der Waals surface area contributed by atoms with Gasteiger partial charge in [0.15, 0.2) is 0 Å². The van der Waals surface area contributed by atoms with Crippen molar-refractivity contribution in [1.29, 1.82) is 0 Å². The molecule has 0 aliphatic carbocycles. The molecule has 92 valence electrons. The van der Waals surface area contributed by atoms with E-state index in [1.807, 2.05) is 0 Å². The average molecular weight is 262 g/mol. The number of nitrogens with zero attached hydrogens (tertiary/aromatic N) is 2. The zero-order chi connectivity index (χ0) is 12.5. The summed E-state index contributed by atoms with van der Waals surface area (Å²) in [6.07, 6.45) is -1.36. The lowest BCUT2D eigenvalue weighted by molar-refractivity contribution is -0.159. The maximum atomic E-state index is 12.4. The van der Waals surface area contributed by atoms with Crippen LogP contribution < -0.4 is 0 Å². The minimum absolute atomic E-state index is 0.0864. The highest BCUT2D eigenvalue weighted by Crippen LogP contribution is 2.39. The van der Waals surface area contributed by atoms with Gasteiger partial charge in [-0.25, -0.2) is 0 Å². The number of amides is 1. The van der Waals surface area contributed by atoms with E-state index in [1.165, 1.54) is 24.2 Å². The minimum atomic E-state index is -4.37. The molecule has 1 atom stereocenters. The zero-order valence-corrected chi connectivity index (χ0v) is 9.46. The molecule has 1 saturated heterocycles. The van der Waals surface area contributed by atoms with E-state index < -0.39 is 24.0 Å². The second kappa shape index (κ2) is 4.56. The van der Waals surface area contributed by atoms with Crippen molar-refractivity contribution >= 4 is 17.7 Å². The van der Waals surface area contributed by atoms with Crippen LogP contribution in [-0.2, 0) is 4.79 Å². The van der Waals surface area contributed by atoms with Gasteiger partial charge in [-0.05, 0) is 17.7 Å². The molecular weight excluding hydrogens is 253 g/mol.